The molecular weight excluding hydrogens is 269 g/mol. The fourth-order valence-corrected chi connectivity index (χ4v) is 1.76. The van der Waals surface area contributed by atoms with E-state index < -0.39 is 23.4 Å². The molecule has 1 aromatic rings. The lowest BCUT2D eigenvalue weighted by Crippen LogP contribution is -2.22. The molecule has 1 amide bonds. The van der Waals surface area contributed by atoms with E-state index in [0.29, 0.717) is 6.42 Å². The summed E-state index contributed by atoms with van der Waals surface area (Å²) < 4.78 is 39.2. The zero-order valence-corrected chi connectivity index (χ0v) is 11.6. The maximum atomic E-state index is 13.4. The molecule has 0 saturated carbocycles. The number of anilines is 1. The second-order valence-corrected chi connectivity index (χ2v) is 5.02. The van der Waals surface area contributed by atoms with E-state index in [1.807, 2.05) is 6.92 Å². The Balaban J connectivity index is 2.60. The summed E-state index contributed by atoms with van der Waals surface area (Å²) in [5.74, 6) is -5.06. The number of rotatable bonds is 6. The van der Waals surface area contributed by atoms with Gasteiger partial charge in [0.05, 0.1) is 5.69 Å². The minimum atomic E-state index is -1.59. The summed E-state index contributed by atoms with van der Waals surface area (Å²) >= 11 is 0. The van der Waals surface area contributed by atoms with Crippen LogP contribution in [-0.4, -0.2) is 11.9 Å². The van der Waals surface area contributed by atoms with Gasteiger partial charge in [0.2, 0.25) is 5.91 Å². The van der Waals surface area contributed by atoms with Crippen LogP contribution >= 0.6 is 0 Å². The number of hydrogen-bond acceptors (Lipinski definition) is 2. The molecule has 1 rings (SSSR count). The van der Waals surface area contributed by atoms with Gasteiger partial charge in [0.25, 0.3) is 0 Å². The lowest BCUT2D eigenvalue weighted by atomic mass is 10.0. The predicted octanol–water partition coefficient (Wildman–Crippen LogP) is 3.20. The van der Waals surface area contributed by atoms with Crippen LogP contribution in [-0.2, 0) is 4.79 Å². The summed E-state index contributed by atoms with van der Waals surface area (Å²) in [6.45, 7) is 3.57. The second-order valence-electron chi connectivity index (χ2n) is 5.02. The summed E-state index contributed by atoms with van der Waals surface area (Å²) in [4.78, 5) is 11.8. The number of hydrogen-bond donors (Lipinski definition) is 2. The number of carbonyl (C=O) groups is 1. The van der Waals surface area contributed by atoms with Crippen molar-refractivity contribution < 1.29 is 18.0 Å². The highest BCUT2D eigenvalue weighted by Crippen LogP contribution is 2.21. The van der Waals surface area contributed by atoms with Crippen molar-refractivity contribution in [3.05, 3.63) is 29.6 Å². The molecule has 6 heteroatoms. The second kappa shape index (κ2) is 7.28. The summed E-state index contributed by atoms with van der Waals surface area (Å²) in [7, 11) is 0. The molecule has 3 N–H and O–H groups in total. The Morgan fingerprint density at radius 3 is 2.45 bits per heavy atom. The van der Waals surface area contributed by atoms with Crippen LogP contribution in [0, 0.1) is 23.4 Å². The van der Waals surface area contributed by atoms with Crippen LogP contribution in [0.2, 0.25) is 0 Å². The van der Waals surface area contributed by atoms with Gasteiger partial charge >= 0.3 is 0 Å². The SMILES string of the molecule is CC(N)CCCC(C)C(=O)Nc1ccc(F)c(F)c1F. The van der Waals surface area contributed by atoms with Crippen molar-refractivity contribution in [2.24, 2.45) is 11.7 Å². The molecule has 0 aliphatic carbocycles. The van der Waals surface area contributed by atoms with Crippen LogP contribution in [0.25, 0.3) is 0 Å². The van der Waals surface area contributed by atoms with E-state index in [1.54, 1.807) is 6.92 Å². The highest BCUT2D eigenvalue weighted by molar-refractivity contribution is 5.92. The van der Waals surface area contributed by atoms with Crippen LogP contribution in [0.15, 0.2) is 12.1 Å². The van der Waals surface area contributed by atoms with Crippen LogP contribution in [0.4, 0.5) is 18.9 Å². The third kappa shape index (κ3) is 4.52. The van der Waals surface area contributed by atoms with Crippen molar-refractivity contribution >= 4 is 11.6 Å². The van der Waals surface area contributed by atoms with Crippen molar-refractivity contribution in [1.82, 2.24) is 0 Å². The van der Waals surface area contributed by atoms with E-state index in [2.05, 4.69) is 5.32 Å². The lowest BCUT2D eigenvalue weighted by molar-refractivity contribution is -0.119. The Hall–Kier alpha value is -1.56. The Morgan fingerprint density at radius 1 is 1.20 bits per heavy atom. The smallest absolute Gasteiger partial charge is 0.227 e. The van der Waals surface area contributed by atoms with Gasteiger partial charge in [0.1, 0.15) is 0 Å². The first-order chi connectivity index (χ1) is 9.32. The van der Waals surface area contributed by atoms with E-state index in [1.165, 1.54) is 0 Å². The monoisotopic (exact) mass is 288 g/mol. The quantitative estimate of drug-likeness (QED) is 0.790. The molecule has 0 heterocycles. The third-order valence-corrected chi connectivity index (χ3v) is 3.04. The molecule has 2 atom stereocenters. The van der Waals surface area contributed by atoms with Gasteiger partial charge < -0.3 is 11.1 Å². The summed E-state index contributed by atoms with van der Waals surface area (Å²) in [6, 6.07) is 1.84. The Morgan fingerprint density at radius 2 is 1.85 bits per heavy atom. The minimum Gasteiger partial charge on any atom is -0.328 e. The minimum absolute atomic E-state index is 0.0638. The van der Waals surface area contributed by atoms with Crippen LogP contribution in [0.5, 0.6) is 0 Å². The summed E-state index contributed by atoms with van der Waals surface area (Å²) in [5, 5.41) is 2.26. The van der Waals surface area contributed by atoms with Gasteiger partial charge in [-0.25, -0.2) is 13.2 Å². The number of halogens is 3. The molecule has 0 radical (unpaired) electrons. The molecule has 3 nitrogen and oxygen atoms in total. The van der Waals surface area contributed by atoms with Crippen LogP contribution in [0.1, 0.15) is 33.1 Å². The van der Waals surface area contributed by atoms with Gasteiger partial charge in [0, 0.05) is 12.0 Å². The van der Waals surface area contributed by atoms with E-state index in [9.17, 15) is 18.0 Å². The topological polar surface area (TPSA) is 55.1 Å². The van der Waals surface area contributed by atoms with E-state index in [-0.39, 0.29) is 17.6 Å². The van der Waals surface area contributed by atoms with Gasteiger partial charge in [0.15, 0.2) is 17.5 Å². The number of nitrogens with one attached hydrogen (secondary N) is 1. The molecule has 20 heavy (non-hydrogen) atoms. The molecule has 2 unspecified atom stereocenters. The summed E-state index contributed by atoms with van der Waals surface area (Å²) in [6.07, 6.45) is 2.16. The maximum absolute atomic E-state index is 13.4. The van der Waals surface area contributed by atoms with Gasteiger partial charge in [-0.2, -0.15) is 0 Å². The first-order valence-electron chi connectivity index (χ1n) is 6.52. The Labute approximate surface area is 116 Å². The van der Waals surface area contributed by atoms with Gasteiger partial charge in [-0.15, -0.1) is 0 Å². The largest absolute Gasteiger partial charge is 0.328 e. The molecule has 0 saturated heterocycles. The van der Waals surface area contributed by atoms with Crippen molar-refractivity contribution in [2.75, 3.05) is 5.32 Å². The normalized spacial score (nSPS) is 13.9. The number of nitrogens with two attached hydrogens (primary N) is 1. The van der Waals surface area contributed by atoms with Gasteiger partial charge in [-0.1, -0.05) is 13.3 Å². The first kappa shape index (κ1) is 16.5. The Bertz CT molecular complexity index is 478. The highest BCUT2D eigenvalue weighted by atomic mass is 19.2. The fourth-order valence-electron chi connectivity index (χ4n) is 1.76. The average Bonchev–Trinajstić information content (AvgIpc) is 2.38. The van der Waals surface area contributed by atoms with Crippen molar-refractivity contribution in [2.45, 2.75) is 39.2 Å². The molecule has 0 bridgehead atoms. The molecular formula is C14H19F3N2O. The van der Waals surface area contributed by atoms with Gasteiger partial charge in [-0.05, 0) is 31.9 Å². The number of carbonyl (C=O) groups excluding carboxylic acids is 1. The maximum Gasteiger partial charge on any atom is 0.227 e. The molecule has 0 aromatic heterocycles. The first-order valence-corrected chi connectivity index (χ1v) is 6.52. The molecule has 1 aromatic carbocycles. The molecule has 112 valence electrons. The summed E-state index contributed by atoms with van der Waals surface area (Å²) in [5.41, 5.74) is 5.25. The predicted molar refractivity (Wildman–Crippen MR) is 71.6 cm³/mol. The molecule has 0 spiro atoms. The number of benzene rings is 1. The standard InChI is InChI=1S/C14H19F3N2O/c1-8(4-3-5-9(2)18)14(20)19-11-7-6-10(15)12(16)13(11)17/h6-9H,3-5,18H2,1-2H3,(H,19,20). The number of amides is 1. The fraction of sp³-hybridized carbons (Fsp3) is 0.500. The van der Waals surface area contributed by atoms with E-state index >= 15 is 0 Å². The highest BCUT2D eigenvalue weighted by Gasteiger charge is 2.18. The third-order valence-electron chi connectivity index (χ3n) is 3.04. The zero-order chi connectivity index (χ0) is 15.3. The van der Waals surface area contributed by atoms with Gasteiger partial charge in [-0.3, -0.25) is 4.79 Å². The molecule has 0 fully saturated rings. The molecule has 0 aliphatic rings. The van der Waals surface area contributed by atoms with Crippen molar-refractivity contribution in [3.8, 4) is 0 Å². The zero-order valence-electron chi connectivity index (χ0n) is 11.6. The lowest BCUT2D eigenvalue weighted by Gasteiger charge is -2.13. The van der Waals surface area contributed by atoms with E-state index in [0.717, 1.165) is 25.0 Å². The van der Waals surface area contributed by atoms with Crippen molar-refractivity contribution in [1.29, 1.82) is 0 Å². The van der Waals surface area contributed by atoms with Crippen LogP contribution < -0.4 is 11.1 Å². The van der Waals surface area contributed by atoms with Crippen LogP contribution in [0.3, 0.4) is 0 Å². The average molecular weight is 288 g/mol. The Kier molecular flexibility index (Phi) is 6.01. The van der Waals surface area contributed by atoms with E-state index in [4.69, 9.17) is 5.73 Å². The molecule has 0 aliphatic heterocycles. The van der Waals surface area contributed by atoms with Crippen molar-refractivity contribution in [3.63, 3.8) is 0 Å².